The fourth-order valence-electron chi connectivity index (χ4n) is 2.63. The maximum atomic E-state index is 14.5. The molecule has 2 amide bonds. The average Bonchev–Trinajstić information content (AvgIpc) is 2.76. The standard InChI is InChI=1S/C21H15AsClF4N3O3/c1-28-19(31)18-10-13(6-7-29-18)33-12-3-4-15(17(24)9-12)22-20(32)30-11-2-5-16(23)14(8-11)21(25,26)27/h2-10,22H,1H3,(H,28,31)(H,30,32). The second-order valence-corrected chi connectivity index (χ2v) is 9.49. The zero-order chi connectivity index (χ0) is 24.2. The van der Waals surface area contributed by atoms with E-state index in [1.165, 1.54) is 43.6 Å². The Balaban J connectivity index is 1.68. The van der Waals surface area contributed by atoms with Gasteiger partial charge < -0.3 is 0 Å². The Hall–Kier alpha value is -3.10. The van der Waals surface area contributed by atoms with E-state index in [9.17, 15) is 27.2 Å². The summed E-state index contributed by atoms with van der Waals surface area (Å²) in [5.41, 5.74) is -1.05. The van der Waals surface area contributed by atoms with Gasteiger partial charge in [-0.25, -0.2) is 0 Å². The van der Waals surface area contributed by atoms with E-state index in [2.05, 4.69) is 15.6 Å². The van der Waals surface area contributed by atoms with E-state index >= 15 is 0 Å². The molecule has 0 radical (unpaired) electrons. The third kappa shape index (κ3) is 6.46. The van der Waals surface area contributed by atoms with Gasteiger partial charge in [0.15, 0.2) is 0 Å². The molecule has 3 aromatic rings. The summed E-state index contributed by atoms with van der Waals surface area (Å²) in [5.74, 6) is -0.727. The number of benzene rings is 2. The van der Waals surface area contributed by atoms with Gasteiger partial charge >= 0.3 is 197 Å². The number of halogens is 5. The normalized spacial score (nSPS) is 11.5. The number of carbonyl (C=O) groups excluding carboxylic acids is 2. The van der Waals surface area contributed by atoms with Crippen LogP contribution in [0.1, 0.15) is 16.1 Å². The van der Waals surface area contributed by atoms with Crippen LogP contribution in [0.3, 0.4) is 0 Å². The summed E-state index contributed by atoms with van der Waals surface area (Å²) >= 11 is 3.83. The molecule has 0 aliphatic rings. The van der Waals surface area contributed by atoms with Crippen LogP contribution in [0.4, 0.5) is 28.0 Å². The molecular weight excluding hydrogens is 529 g/mol. The number of rotatable bonds is 6. The van der Waals surface area contributed by atoms with Gasteiger partial charge in [0.05, 0.1) is 0 Å². The number of hydrogen-bond acceptors (Lipinski definition) is 4. The molecule has 1 heterocycles. The minimum absolute atomic E-state index is 0.0922. The molecule has 0 fully saturated rings. The van der Waals surface area contributed by atoms with Crippen molar-refractivity contribution in [3.63, 3.8) is 0 Å². The van der Waals surface area contributed by atoms with Crippen LogP contribution in [-0.2, 0) is 6.18 Å². The van der Waals surface area contributed by atoms with Crippen molar-refractivity contribution in [3.8, 4) is 11.5 Å². The first-order valence-corrected chi connectivity index (χ1v) is 11.6. The number of aromatic nitrogens is 1. The molecule has 1 atom stereocenters. The number of carbonyl (C=O) groups is 2. The zero-order valence-electron chi connectivity index (χ0n) is 16.8. The average molecular weight is 544 g/mol. The fraction of sp³-hybridized carbons (Fsp3) is 0.0952. The predicted octanol–water partition coefficient (Wildman–Crippen LogP) is 4.34. The van der Waals surface area contributed by atoms with Crippen LogP contribution < -0.4 is 19.7 Å². The van der Waals surface area contributed by atoms with E-state index in [0.29, 0.717) is 0 Å². The van der Waals surface area contributed by atoms with E-state index in [4.69, 9.17) is 16.3 Å². The number of hydrogen-bond donors (Lipinski definition) is 2. The molecule has 12 heteroatoms. The summed E-state index contributed by atoms with van der Waals surface area (Å²) in [6, 6.07) is 9.75. The van der Waals surface area contributed by atoms with Crippen molar-refractivity contribution in [2.45, 2.75) is 6.18 Å². The molecular formula is C21H15AsClF4N3O3. The first kappa shape index (κ1) is 24.5. The van der Waals surface area contributed by atoms with Crippen LogP contribution >= 0.6 is 11.6 Å². The monoisotopic (exact) mass is 543 g/mol. The van der Waals surface area contributed by atoms with Gasteiger partial charge in [-0.15, -0.1) is 0 Å². The van der Waals surface area contributed by atoms with Crippen LogP contribution in [-0.4, -0.2) is 38.4 Å². The van der Waals surface area contributed by atoms with Gasteiger partial charge in [-0.1, -0.05) is 0 Å². The van der Waals surface area contributed by atoms with Crippen LogP contribution in [0.5, 0.6) is 11.5 Å². The zero-order valence-corrected chi connectivity index (χ0v) is 19.6. The van der Waals surface area contributed by atoms with Crippen LogP contribution in [0.25, 0.3) is 0 Å². The van der Waals surface area contributed by atoms with Gasteiger partial charge in [0.1, 0.15) is 0 Å². The van der Waals surface area contributed by atoms with Crippen molar-refractivity contribution < 1.29 is 31.9 Å². The van der Waals surface area contributed by atoms with Crippen LogP contribution in [0.2, 0.25) is 5.02 Å². The van der Waals surface area contributed by atoms with E-state index in [-0.39, 0.29) is 27.2 Å². The summed E-state index contributed by atoms with van der Waals surface area (Å²) in [6.45, 7) is 0. The number of anilines is 1. The first-order chi connectivity index (χ1) is 15.6. The van der Waals surface area contributed by atoms with Crippen LogP contribution in [0.15, 0.2) is 54.7 Å². The number of pyridine rings is 1. The molecule has 1 aromatic heterocycles. The Morgan fingerprint density at radius 3 is 2.45 bits per heavy atom. The van der Waals surface area contributed by atoms with Crippen molar-refractivity contribution in [3.05, 3.63) is 76.8 Å². The van der Waals surface area contributed by atoms with E-state index in [0.717, 1.165) is 18.2 Å². The van der Waals surface area contributed by atoms with E-state index in [1.54, 1.807) is 0 Å². The van der Waals surface area contributed by atoms with E-state index < -0.39 is 48.9 Å². The summed E-state index contributed by atoms with van der Waals surface area (Å²) in [4.78, 5) is 27.8. The van der Waals surface area contributed by atoms with Gasteiger partial charge in [-0.05, 0) is 0 Å². The third-order valence-corrected chi connectivity index (χ3v) is 6.63. The molecule has 6 nitrogen and oxygen atoms in total. The second kappa shape index (κ2) is 10.2. The Labute approximate surface area is 197 Å². The van der Waals surface area contributed by atoms with Gasteiger partial charge in [0.2, 0.25) is 0 Å². The van der Waals surface area contributed by atoms with Crippen molar-refractivity contribution in [2.24, 2.45) is 0 Å². The summed E-state index contributed by atoms with van der Waals surface area (Å²) in [6.07, 6.45) is -3.31. The van der Waals surface area contributed by atoms with Gasteiger partial charge in [0.25, 0.3) is 0 Å². The predicted molar refractivity (Wildman–Crippen MR) is 116 cm³/mol. The van der Waals surface area contributed by atoms with Gasteiger partial charge in [-0.3, -0.25) is 0 Å². The molecule has 172 valence electrons. The summed E-state index contributed by atoms with van der Waals surface area (Å²) in [7, 11) is 1.45. The molecule has 33 heavy (non-hydrogen) atoms. The Kier molecular flexibility index (Phi) is 7.60. The molecule has 2 N–H and O–H groups in total. The number of amides is 2. The summed E-state index contributed by atoms with van der Waals surface area (Å²) in [5, 5.41) is 4.28. The molecule has 0 aliphatic heterocycles. The van der Waals surface area contributed by atoms with Crippen molar-refractivity contribution in [1.82, 2.24) is 10.3 Å². The van der Waals surface area contributed by atoms with Crippen molar-refractivity contribution in [1.29, 1.82) is 0 Å². The maximum absolute atomic E-state index is 14.5. The molecule has 0 saturated carbocycles. The van der Waals surface area contributed by atoms with Gasteiger partial charge in [-0.2, -0.15) is 0 Å². The van der Waals surface area contributed by atoms with Crippen molar-refractivity contribution in [2.75, 3.05) is 12.4 Å². The first-order valence-electron chi connectivity index (χ1n) is 9.17. The number of nitrogens with zero attached hydrogens (tertiary/aromatic N) is 1. The Morgan fingerprint density at radius 1 is 1.06 bits per heavy atom. The SMILES string of the molecule is CNC(=O)c1cc(Oc2ccc([AsH]C(=O)Nc3ccc(Cl)c(C(F)(F)F)c3)c(F)c2)ccn1. The number of nitrogens with one attached hydrogen (secondary N) is 2. The topological polar surface area (TPSA) is 80.3 Å². The summed E-state index contributed by atoms with van der Waals surface area (Å²) < 4.78 is 58.5. The molecule has 3 rings (SSSR count). The molecule has 2 aromatic carbocycles. The van der Waals surface area contributed by atoms with Gasteiger partial charge in [0, 0.05) is 0 Å². The quantitative estimate of drug-likeness (QED) is 0.358. The molecule has 0 saturated heterocycles. The van der Waals surface area contributed by atoms with Crippen molar-refractivity contribution >= 4 is 48.0 Å². The molecule has 0 bridgehead atoms. The fourth-order valence-corrected chi connectivity index (χ4v) is 4.55. The Morgan fingerprint density at radius 2 is 1.79 bits per heavy atom. The molecule has 1 unspecified atom stereocenters. The van der Waals surface area contributed by atoms with E-state index in [1.807, 2.05) is 0 Å². The number of alkyl halides is 3. The minimum atomic E-state index is -4.67. The molecule has 0 aliphatic carbocycles. The number of ether oxygens (including phenoxy) is 1. The Bertz CT molecular complexity index is 1210. The third-order valence-electron chi connectivity index (χ3n) is 4.15. The second-order valence-electron chi connectivity index (χ2n) is 6.47. The molecule has 0 spiro atoms. The van der Waals surface area contributed by atoms with Crippen LogP contribution in [0, 0.1) is 5.82 Å².